The molecule has 0 radical (unpaired) electrons. The molecule has 1 aliphatic carbocycles. The van der Waals surface area contributed by atoms with Gasteiger partial charge in [0.1, 0.15) is 11.4 Å². The molecule has 1 aliphatic heterocycles. The molecule has 3 rings (SSSR count). The number of rotatable bonds is 2. The number of aromatic nitrogens is 2. The Morgan fingerprint density at radius 1 is 1.30 bits per heavy atom. The first-order chi connectivity index (χ1) is 9.60. The van der Waals surface area contributed by atoms with Gasteiger partial charge >= 0.3 is 0 Å². The minimum Gasteiger partial charge on any atom is -0.493 e. The molecule has 5 nitrogen and oxygen atoms in total. The van der Waals surface area contributed by atoms with Gasteiger partial charge in [-0.2, -0.15) is 4.98 Å². The van der Waals surface area contributed by atoms with Crippen LogP contribution >= 0.6 is 0 Å². The molecular formula is C15H22N2O3. The molecule has 1 unspecified atom stereocenters. The summed E-state index contributed by atoms with van der Waals surface area (Å²) in [4.78, 5) is 19.4. The van der Waals surface area contributed by atoms with Gasteiger partial charge < -0.3 is 14.8 Å². The first-order valence-corrected chi connectivity index (χ1v) is 7.58. The summed E-state index contributed by atoms with van der Waals surface area (Å²) in [7, 11) is 0. The predicted molar refractivity (Wildman–Crippen MR) is 74.9 cm³/mol. The zero-order valence-corrected chi connectivity index (χ0v) is 11.9. The van der Waals surface area contributed by atoms with E-state index in [1.807, 2.05) is 6.92 Å². The third-order valence-corrected chi connectivity index (χ3v) is 4.67. The second-order valence-electron chi connectivity index (χ2n) is 6.17. The number of aromatic amines is 1. The van der Waals surface area contributed by atoms with Crippen molar-refractivity contribution in [3.63, 3.8) is 0 Å². The van der Waals surface area contributed by atoms with Crippen LogP contribution in [0.15, 0.2) is 4.79 Å². The maximum absolute atomic E-state index is 12.3. The van der Waals surface area contributed by atoms with Crippen LogP contribution in [0.5, 0.6) is 5.88 Å². The standard InChI is InChI=1S/C15H22N2O3/c1-15(8-4-5-9-20-15)14-16-12(18)11(13(19)17-14)10-6-2-3-7-10/h10H,2-9H2,1H3,(H2,16,17,18,19). The third kappa shape index (κ3) is 2.35. The molecule has 1 aromatic heterocycles. The largest absolute Gasteiger partial charge is 0.493 e. The van der Waals surface area contributed by atoms with Gasteiger partial charge in [-0.3, -0.25) is 4.79 Å². The van der Waals surface area contributed by atoms with E-state index in [1.165, 1.54) is 0 Å². The topological polar surface area (TPSA) is 75.2 Å². The Morgan fingerprint density at radius 2 is 2.05 bits per heavy atom. The summed E-state index contributed by atoms with van der Waals surface area (Å²) < 4.78 is 5.78. The lowest BCUT2D eigenvalue weighted by molar-refractivity contribution is -0.0765. The number of nitrogens with zero attached hydrogens (tertiary/aromatic N) is 1. The molecule has 0 aromatic carbocycles. The highest BCUT2D eigenvalue weighted by molar-refractivity contribution is 5.28. The molecule has 20 heavy (non-hydrogen) atoms. The van der Waals surface area contributed by atoms with E-state index in [4.69, 9.17) is 4.74 Å². The molecule has 1 aromatic rings. The molecule has 1 saturated carbocycles. The normalized spacial score (nSPS) is 27.9. The smallest absolute Gasteiger partial charge is 0.258 e. The van der Waals surface area contributed by atoms with Crippen LogP contribution in [-0.2, 0) is 10.3 Å². The van der Waals surface area contributed by atoms with Crippen LogP contribution in [0.25, 0.3) is 0 Å². The minimum atomic E-state index is -0.580. The molecule has 2 N–H and O–H groups in total. The Balaban J connectivity index is 1.97. The lowest BCUT2D eigenvalue weighted by Gasteiger charge is -2.32. The first kappa shape index (κ1) is 13.6. The van der Waals surface area contributed by atoms with Gasteiger partial charge in [-0.05, 0) is 44.9 Å². The van der Waals surface area contributed by atoms with E-state index in [-0.39, 0.29) is 17.4 Å². The number of nitrogens with one attached hydrogen (secondary N) is 1. The van der Waals surface area contributed by atoms with E-state index in [2.05, 4.69) is 9.97 Å². The summed E-state index contributed by atoms with van der Waals surface area (Å²) in [6.07, 6.45) is 7.06. The molecule has 5 heteroatoms. The lowest BCUT2D eigenvalue weighted by Crippen LogP contribution is -2.35. The van der Waals surface area contributed by atoms with Gasteiger partial charge in [0.05, 0.1) is 5.56 Å². The van der Waals surface area contributed by atoms with E-state index in [0.29, 0.717) is 18.0 Å². The lowest BCUT2D eigenvalue weighted by atomic mass is 9.94. The SMILES string of the molecule is CC1(c2nc(O)c(C3CCCC3)c(=O)[nH]2)CCCCO1. The number of ether oxygens (including phenoxy) is 1. The fraction of sp³-hybridized carbons (Fsp3) is 0.733. The maximum Gasteiger partial charge on any atom is 0.258 e. The Labute approximate surface area is 118 Å². The van der Waals surface area contributed by atoms with E-state index in [1.54, 1.807) is 0 Å². The van der Waals surface area contributed by atoms with Crippen molar-refractivity contribution < 1.29 is 9.84 Å². The fourth-order valence-electron chi connectivity index (χ4n) is 3.42. The van der Waals surface area contributed by atoms with Crippen molar-refractivity contribution in [2.24, 2.45) is 0 Å². The second-order valence-corrected chi connectivity index (χ2v) is 6.17. The average Bonchev–Trinajstić information content (AvgIpc) is 2.92. The summed E-state index contributed by atoms with van der Waals surface area (Å²) >= 11 is 0. The zero-order valence-electron chi connectivity index (χ0n) is 11.9. The average molecular weight is 278 g/mol. The molecule has 110 valence electrons. The van der Waals surface area contributed by atoms with Crippen LogP contribution in [0.4, 0.5) is 0 Å². The summed E-state index contributed by atoms with van der Waals surface area (Å²) in [5, 5.41) is 10.2. The van der Waals surface area contributed by atoms with Crippen molar-refractivity contribution in [3.8, 4) is 5.88 Å². The van der Waals surface area contributed by atoms with Gasteiger partial charge in [-0.25, -0.2) is 0 Å². The number of aromatic hydroxyl groups is 1. The van der Waals surface area contributed by atoms with E-state index in [0.717, 1.165) is 44.9 Å². The van der Waals surface area contributed by atoms with Crippen LogP contribution in [0.1, 0.15) is 69.2 Å². The molecule has 0 spiro atoms. The van der Waals surface area contributed by atoms with Crippen LogP contribution in [-0.4, -0.2) is 21.7 Å². The number of hydrogen-bond acceptors (Lipinski definition) is 4. The predicted octanol–water partition coefficient (Wildman–Crippen LogP) is 2.55. The van der Waals surface area contributed by atoms with Crippen molar-refractivity contribution in [2.75, 3.05) is 6.61 Å². The van der Waals surface area contributed by atoms with Crippen molar-refractivity contribution >= 4 is 0 Å². The molecule has 0 bridgehead atoms. The summed E-state index contributed by atoms with van der Waals surface area (Å²) in [5.41, 5.74) is -0.316. The number of H-pyrrole nitrogens is 1. The first-order valence-electron chi connectivity index (χ1n) is 7.58. The van der Waals surface area contributed by atoms with Gasteiger partial charge in [0.2, 0.25) is 5.88 Å². The van der Waals surface area contributed by atoms with Crippen LogP contribution in [0.3, 0.4) is 0 Å². The second kappa shape index (κ2) is 5.20. The summed E-state index contributed by atoms with van der Waals surface area (Å²) in [5.74, 6) is 0.507. The Morgan fingerprint density at radius 3 is 2.65 bits per heavy atom. The van der Waals surface area contributed by atoms with Gasteiger partial charge in [0.15, 0.2) is 0 Å². The molecule has 1 atom stereocenters. The van der Waals surface area contributed by atoms with Crippen molar-refractivity contribution in [1.29, 1.82) is 0 Å². The Bertz CT molecular complexity index is 541. The molecule has 2 fully saturated rings. The molecule has 2 heterocycles. The highest BCUT2D eigenvalue weighted by Crippen LogP contribution is 2.37. The summed E-state index contributed by atoms with van der Waals surface area (Å²) in [6.45, 7) is 2.60. The monoisotopic (exact) mass is 278 g/mol. The summed E-state index contributed by atoms with van der Waals surface area (Å²) in [6, 6.07) is 0. The molecule has 1 saturated heterocycles. The quantitative estimate of drug-likeness (QED) is 0.871. The highest BCUT2D eigenvalue weighted by Gasteiger charge is 2.34. The minimum absolute atomic E-state index is 0.106. The van der Waals surface area contributed by atoms with Crippen molar-refractivity contribution in [1.82, 2.24) is 9.97 Å². The molecule has 2 aliphatic rings. The van der Waals surface area contributed by atoms with E-state index >= 15 is 0 Å². The number of hydrogen-bond donors (Lipinski definition) is 2. The molecule has 0 amide bonds. The van der Waals surface area contributed by atoms with Crippen molar-refractivity contribution in [3.05, 3.63) is 21.7 Å². The maximum atomic E-state index is 12.3. The van der Waals surface area contributed by atoms with Gasteiger partial charge in [-0.15, -0.1) is 0 Å². The fourth-order valence-corrected chi connectivity index (χ4v) is 3.42. The van der Waals surface area contributed by atoms with Crippen molar-refractivity contribution in [2.45, 2.75) is 63.4 Å². The molecular weight excluding hydrogens is 256 g/mol. The Hall–Kier alpha value is -1.36. The highest BCUT2D eigenvalue weighted by atomic mass is 16.5. The van der Waals surface area contributed by atoms with Gasteiger partial charge in [-0.1, -0.05) is 12.8 Å². The van der Waals surface area contributed by atoms with E-state index in [9.17, 15) is 9.90 Å². The zero-order chi connectivity index (χ0) is 14.2. The van der Waals surface area contributed by atoms with Gasteiger partial charge in [0, 0.05) is 6.61 Å². The van der Waals surface area contributed by atoms with E-state index < -0.39 is 5.60 Å². The van der Waals surface area contributed by atoms with Crippen LogP contribution in [0, 0.1) is 0 Å². The van der Waals surface area contributed by atoms with Crippen LogP contribution in [0.2, 0.25) is 0 Å². The van der Waals surface area contributed by atoms with Gasteiger partial charge in [0.25, 0.3) is 5.56 Å². The van der Waals surface area contributed by atoms with Crippen LogP contribution < -0.4 is 5.56 Å². The Kier molecular flexibility index (Phi) is 3.54. The third-order valence-electron chi connectivity index (χ3n) is 4.67.